The molecule has 1 saturated heterocycles. The highest BCUT2D eigenvalue weighted by atomic mass is 16.6. The minimum atomic E-state index is -0.360. The minimum Gasteiger partial charge on any atom is -0.362 e. The lowest BCUT2D eigenvalue weighted by molar-refractivity contribution is -0.383. The van der Waals surface area contributed by atoms with Crippen LogP contribution in [0.5, 0.6) is 0 Å². The zero-order valence-corrected chi connectivity index (χ0v) is 13.6. The average molecular weight is 307 g/mol. The Balaban J connectivity index is 2.41. The van der Waals surface area contributed by atoms with Crippen molar-refractivity contribution < 1.29 is 4.92 Å². The zero-order chi connectivity index (χ0) is 16.1. The van der Waals surface area contributed by atoms with Crippen molar-refractivity contribution in [3.63, 3.8) is 0 Å². The van der Waals surface area contributed by atoms with Gasteiger partial charge in [0.2, 0.25) is 11.6 Å². The van der Waals surface area contributed by atoms with E-state index in [-0.39, 0.29) is 16.7 Å². The summed E-state index contributed by atoms with van der Waals surface area (Å²) in [6, 6.07) is 0.448. The molecule has 7 nitrogen and oxygen atoms in total. The molecule has 2 unspecified atom stereocenters. The van der Waals surface area contributed by atoms with Crippen LogP contribution in [0.3, 0.4) is 0 Å². The number of hydrogen-bond donors (Lipinski definition) is 1. The third-order valence-electron chi connectivity index (χ3n) is 4.35. The highest BCUT2D eigenvalue weighted by Crippen LogP contribution is 2.36. The molecule has 1 aliphatic heterocycles. The van der Waals surface area contributed by atoms with E-state index < -0.39 is 0 Å². The summed E-state index contributed by atoms with van der Waals surface area (Å²) in [6.45, 7) is 6.96. The molecule has 0 aliphatic carbocycles. The van der Waals surface area contributed by atoms with Crippen LogP contribution in [0.25, 0.3) is 0 Å². The van der Waals surface area contributed by atoms with Crippen molar-refractivity contribution in [2.45, 2.75) is 65.0 Å². The third-order valence-corrected chi connectivity index (χ3v) is 4.35. The van der Waals surface area contributed by atoms with Crippen molar-refractivity contribution in [1.29, 1.82) is 0 Å². The Kier molecular flexibility index (Phi) is 5.51. The van der Waals surface area contributed by atoms with E-state index in [1.165, 1.54) is 12.7 Å². The molecule has 0 bridgehead atoms. The topological polar surface area (TPSA) is 84.2 Å². The SMILES string of the molecule is CCC(C)Nc1ncnc(N2CCCCC2CC)c1[N+](=O)[O-]. The molecule has 1 aliphatic rings. The van der Waals surface area contributed by atoms with Crippen LogP contribution >= 0.6 is 0 Å². The maximum Gasteiger partial charge on any atom is 0.353 e. The van der Waals surface area contributed by atoms with Gasteiger partial charge in [-0.05, 0) is 39.0 Å². The zero-order valence-electron chi connectivity index (χ0n) is 13.6. The van der Waals surface area contributed by atoms with E-state index in [9.17, 15) is 10.1 Å². The van der Waals surface area contributed by atoms with Crippen molar-refractivity contribution in [2.75, 3.05) is 16.8 Å². The molecule has 22 heavy (non-hydrogen) atoms. The van der Waals surface area contributed by atoms with Crippen LogP contribution in [0.15, 0.2) is 6.33 Å². The predicted molar refractivity (Wildman–Crippen MR) is 87.3 cm³/mol. The van der Waals surface area contributed by atoms with E-state index in [0.717, 1.165) is 32.2 Å². The maximum atomic E-state index is 11.6. The molecule has 2 atom stereocenters. The van der Waals surface area contributed by atoms with E-state index in [1.807, 2.05) is 13.8 Å². The number of nitro groups is 1. The van der Waals surface area contributed by atoms with Gasteiger partial charge in [-0.25, -0.2) is 9.97 Å². The number of rotatable bonds is 6. The molecule has 0 aromatic carbocycles. The Morgan fingerprint density at radius 3 is 2.86 bits per heavy atom. The lowest BCUT2D eigenvalue weighted by Crippen LogP contribution is -2.40. The number of nitrogens with one attached hydrogen (secondary N) is 1. The summed E-state index contributed by atoms with van der Waals surface area (Å²) in [5, 5.41) is 14.7. The van der Waals surface area contributed by atoms with Crippen molar-refractivity contribution in [1.82, 2.24) is 9.97 Å². The van der Waals surface area contributed by atoms with Crippen LogP contribution in [0.1, 0.15) is 52.9 Å². The maximum absolute atomic E-state index is 11.6. The van der Waals surface area contributed by atoms with Crippen molar-refractivity contribution in [3.05, 3.63) is 16.4 Å². The number of anilines is 2. The molecule has 2 heterocycles. The van der Waals surface area contributed by atoms with Crippen molar-refractivity contribution >= 4 is 17.3 Å². The Hall–Kier alpha value is -1.92. The van der Waals surface area contributed by atoms with Crippen LogP contribution in [0.2, 0.25) is 0 Å². The lowest BCUT2D eigenvalue weighted by Gasteiger charge is -2.35. The first-order valence-corrected chi connectivity index (χ1v) is 8.11. The fourth-order valence-corrected chi connectivity index (χ4v) is 2.89. The Morgan fingerprint density at radius 1 is 1.45 bits per heavy atom. The lowest BCUT2D eigenvalue weighted by atomic mass is 10.00. The van der Waals surface area contributed by atoms with Gasteiger partial charge < -0.3 is 10.2 Å². The quantitative estimate of drug-likeness (QED) is 0.641. The summed E-state index contributed by atoms with van der Waals surface area (Å²) < 4.78 is 0. The normalized spacial score (nSPS) is 19.8. The number of piperidine rings is 1. The molecule has 7 heteroatoms. The number of nitrogens with zero attached hydrogens (tertiary/aromatic N) is 4. The number of aromatic nitrogens is 2. The molecular weight excluding hydrogens is 282 g/mol. The standard InChI is InChI=1S/C15H25N5O2/c1-4-11(3)18-14-13(20(21)22)15(17-10-16-14)19-9-7-6-8-12(19)5-2/h10-12H,4-9H2,1-3H3,(H,16,17,18). The van der Waals surface area contributed by atoms with Gasteiger partial charge in [-0.1, -0.05) is 13.8 Å². The van der Waals surface area contributed by atoms with Gasteiger partial charge in [-0.3, -0.25) is 10.1 Å². The van der Waals surface area contributed by atoms with E-state index in [2.05, 4.69) is 27.1 Å². The largest absolute Gasteiger partial charge is 0.362 e. The molecule has 0 radical (unpaired) electrons. The highest BCUT2D eigenvalue weighted by Gasteiger charge is 2.31. The van der Waals surface area contributed by atoms with Crippen molar-refractivity contribution in [2.24, 2.45) is 0 Å². The third kappa shape index (κ3) is 3.45. The molecule has 1 aromatic heterocycles. The second-order valence-electron chi connectivity index (χ2n) is 5.86. The van der Waals surface area contributed by atoms with Gasteiger partial charge in [-0.2, -0.15) is 0 Å². The van der Waals surface area contributed by atoms with Crippen LogP contribution in [-0.2, 0) is 0 Å². The number of hydrogen-bond acceptors (Lipinski definition) is 6. The van der Waals surface area contributed by atoms with Gasteiger partial charge in [0, 0.05) is 18.6 Å². The summed E-state index contributed by atoms with van der Waals surface area (Å²) in [5.74, 6) is 0.780. The summed E-state index contributed by atoms with van der Waals surface area (Å²) in [7, 11) is 0. The van der Waals surface area contributed by atoms with E-state index in [4.69, 9.17) is 0 Å². The van der Waals surface area contributed by atoms with E-state index >= 15 is 0 Å². The molecule has 0 amide bonds. The molecule has 1 aromatic rings. The van der Waals surface area contributed by atoms with E-state index in [0.29, 0.717) is 17.7 Å². The first kappa shape index (κ1) is 16.5. The molecule has 1 N–H and O–H groups in total. The summed E-state index contributed by atoms with van der Waals surface area (Å²) in [5.41, 5.74) is 0.00292. The summed E-state index contributed by atoms with van der Waals surface area (Å²) in [6.07, 6.45) is 6.55. The monoisotopic (exact) mass is 307 g/mol. The van der Waals surface area contributed by atoms with Gasteiger partial charge in [-0.15, -0.1) is 0 Å². The van der Waals surface area contributed by atoms with Gasteiger partial charge in [0.05, 0.1) is 4.92 Å². The Labute approximate surface area is 131 Å². The first-order valence-electron chi connectivity index (χ1n) is 8.11. The van der Waals surface area contributed by atoms with Gasteiger partial charge in [0.1, 0.15) is 6.33 Å². The van der Waals surface area contributed by atoms with Crippen molar-refractivity contribution in [3.8, 4) is 0 Å². The molecule has 0 saturated carbocycles. The summed E-state index contributed by atoms with van der Waals surface area (Å²) >= 11 is 0. The van der Waals surface area contributed by atoms with Crippen LogP contribution < -0.4 is 10.2 Å². The van der Waals surface area contributed by atoms with Gasteiger partial charge in [0.15, 0.2) is 0 Å². The Bertz CT molecular complexity index is 523. The van der Waals surface area contributed by atoms with Crippen LogP contribution in [-0.4, -0.2) is 33.5 Å². The molecule has 122 valence electrons. The van der Waals surface area contributed by atoms with Gasteiger partial charge >= 0.3 is 5.69 Å². The average Bonchev–Trinajstić information content (AvgIpc) is 2.54. The molecular formula is C15H25N5O2. The van der Waals surface area contributed by atoms with Gasteiger partial charge in [0.25, 0.3) is 0 Å². The minimum absolute atomic E-state index is 0.00292. The van der Waals surface area contributed by atoms with Crippen LogP contribution in [0.4, 0.5) is 17.3 Å². The second-order valence-corrected chi connectivity index (χ2v) is 5.86. The molecule has 0 spiro atoms. The van der Waals surface area contributed by atoms with E-state index in [1.54, 1.807) is 0 Å². The Morgan fingerprint density at radius 2 is 2.23 bits per heavy atom. The first-order chi connectivity index (χ1) is 10.6. The smallest absolute Gasteiger partial charge is 0.353 e. The fraction of sp³-hybridized carbons (Fsp3) is 0.733. The summed E-state index contributed by atoms with van der Waals surface area (Å²) in [4.78, 5) is 21.7. The second kappa shape index (κ2) is 7.38. The fourth-order valence-electron chi connectivity index (χ4n) is 2.89. The predicted octanol–water partition coefficient (Wildman–Crippen LogP) is 3.36. The highest BCUT2D eigenvalue weighted by molar-refractivity contribution is 5.70. The van der Waals surface area contributed by atoms with Crippen LogP contribution in [0, 0.1) is 10.1 Å². The molecule has 2 rings (SSSR count). The molecule has 1 fully saturated rings.